The molecular formula is C16H15NO6. The Hall–Kier alpha value is -3.09. The van der Waals surface area contributed by atoms with Crippen LogP contribution in [0.25, 0.3) is 0 Å². The lowest BCUT2D eigenvalue weighted by Gasteiger charge is -2.12. The van der Waals surface area contributed by atoms with Crippen LogP contribution in [-0.2, 0) is 0 Å². The predicted octanol–water partition coefficient (Wildman–Crippen LogP) is 3.14. The Labute approximate surface area is 132 Å². The third-order valence-electron chi connectivity index (χ3n) is 3.21. The number of hydrogen-bond donors (Lipinski definition) is 0. The van der Waals surface area contributed by atoms with E-state index in [0.717, 1.165) is 0 Å². The van der Waals surface area contributed by atoms with E-state index >= 15 is 0 Å². The molecule has 0 aliphatic rings. The predicted molar refractivity (Wildman–Crippen MR) is 82.3 cm³/mol. The van der Waals surface area contributed by atoms with E-state index in [9.17, 15) is 14.9 Å². The second-order valence-corrected chi connectivity index (χ2v) is 4.64. The molecule has 0 amide bonds. The zero-order chi connectivity index (χ0) is 17.0. The number of hydrogen-bond acceptors (Lipinski definition) is 6. The molecule has 0 aliphatic carbocycles. The van der Waals surface area contributed by atoms with Gasteiger partial charge in [0, 0.05) is 11.6 Å². The molecule has 23 heavy (non-hydrogen) atoms. The molecule has 2 aromatic rings. The summed E-state index contributed by atoms with van der Waals surface area (Å²) in [5, 5.41) is 10.8. The third kappa shape index (κ3) is 3.39. The van der Waals surface area contributed by atoms with Crippen LogP contribution in [0.1, 0.15) is 15.9 Å². The highest BCUT2D eigenvalue weighted by atomic mass is 16.6. The summed E-state index contributed by atoms with van der Waals surface area (Å²) in [6.45, 7) is 1.55. The second-order valence-electron chi connectivity index (χ2n) is 4.64. The Balaban J connectivity index is 2.33. The molecule has 7 heteroatoms. The van der Waals surface area contributed by atoms with Crippen molar-refractivity contribution in [3.8, 4) is 17.2 Å². The van der Waals surface area contributed by atoms with Crippen molar-refractivity contribution >= 4 is 11.7 Å². The van der Waals surface area contributed by atoms with Gasteiger partial charge in [-0.05, 0) is 31.2 Å². The van der Waals surface area contributed by atoms with Crippen LogP contribution in [0.5, 0.6) is 17.2 Å². The maximum Gasteiger partial charge on any atom is 0.343 e. The number of nitro groups is 1. The van der Waals surface area contributed by atoms with Crippen LogP contribution in [0.2, 0.25) is 0 Å². The third-order valence-corrected chi connectivity index (χ3v) is 3.21. The Morgan fingerprint density at radius 1 is 1.09 bits per heavy atom. The highest BCUT2D eigenvalue weighted by Crippen LogP contribution is 2.37. The van der Waals surface area contributed by atoms with Crippen molar-refractivity contribution in [3.63, 3.8) is 0 Å². The molecule has 2 rings (SSSR count). The first-order chi connectivity index (χ1) is 11.0. The number of carbonyl (C=O) groups is 1. The summed E-state index contributed by atoms with van der Waals surface area (Å²) >= 11 is 0. The first-order valence-electron chi connectivity index (χ1n) is 6.66. The lowest BCUT2D eigenvalue weighted by Crippen LogP contribution is -2.10. The Bertz CT molecular complexity index is 734. The normalized spacial score (nSPS) is 10.0. The van der Waals surface area contributed by atoms with Crippen molar-refractivity contribution in [3.05, 3.63) is 57.6 Å². The molecule has 0 aliphatic heterocycles. The number of benzene rings is 2. The fourth-order valence-electron chi connectivity index (χ4n) is 2.06. The minimum atomic E-state index is -0.661. The molecule has 7 nitrogen and oxygen atoms in total. The van der Waals surface area contributed by atoms with Gasteiger partial charge in [0.2, 0.25) is 5.75 Å². The lowest BCUT2D eigenvalue weighted by atomic mass is 10.1. The molecule has 2 aromatic carbocycles. The van der Waals surface area contributed by atoms with Gasteiger partial charge in [-0.1, -0.05) is 6.07 Å². The molecule has 0 atom stereocenters. The quantitative estimate of drug-likeness (QED) is 0.364. The standard InChI is InChI=1S/C16H15NO6/c1-10-9-11(7-8-12(10)17(19)20)16(18)23-15-13(21-2)5-4-6-14(15)22-3/h4-9H,1-3H3. The van der Waals surface area contributed by atoms with Gasteiger partial charge in [0.1, 0.15) is 0 Å². The minimum absolute atomic E-state index is 0.0589. The smallest absolute Gasteiger partial charge is 0.343 e. The van der Waals surface area contributed by atoms with E-state index in [2.05, 4.69) is 0 Å². The molecule has 0 spiro atoms. The summed E-state index contributed by atoms with van der Waals surface area (Å²) in [7, 11) is 2.89. The van der Waals surface area contributed by atoms with E-state index in [0.29, 0.717) is 17.1 Å². The van der Waals surface area contributed by atoms with Crippen LogP contribution < -0.4 is 14.2 Å². The summed E-state index contributed by atoms with van der Waals surface area (Å²) in [5.41, 5.74) is 0.508. The molecular weight excluding hydrogens is 302 g/mol. The fraction of sp³-hybridized carbons (Fsp3) is 0.188. The highest BCUT2D eigenvalue weighted by Gasteiger charge is 2.19. The largest absolute Gasteiger partial charge is 0.493 e. The summed E-state index contributed by atoms with van der Waals surface area (Å²) in [5.74, 6) is 0.178. The highest BCUT2D eigenvalue weighted by molar-refractivity contribution is 5.92. The number of para-hydroxylation sites is 1. The van der Waals surface area contributed by atoms with Gasteiger partial charge in [0.05, 0.1) is 24.7 Å². The number of esters is 1. The first-order valence-corrected chi connectivity index (χ1v) is 6.66. The van der Waals surface area contributed by atoms with Crippen molar-refractivity contribution < 1.29 is 23.9 Å². The van der Waals surface area contributed by atoms with Crippen molar-refractivity contribution in [2.45, 2.75) is 6.92 Å². The molecule has 0 fully saturated rings. The average molecular weight is 317 g/mol. The SMILES string of the molecule is COc1cccc(OC)c1OC(=O)c1ccc([N+](=O)[O-])c(C)c1. The molecule has 0 bridgehead atoms. The maximum absolute atomic E-state index is 12.3. The van der Waals surface area contributed by atoms with Gasteiger partial charge in [0.25, 0.3) is 5.69 Å². The van der Waals surface area contributed by atoms with E-state index in [4.69, 9.17) is 14.2 Å². The van der Waals surface area contributed by atoms with Gasteiger partial charge in [-0.15, -0.1) is 0 Å². The Morgan fingerprint density at radius 2 is 1.70 bits per heavy atom. The summed E-state index contributed by atoms with van der Waals surface area (Å²) in [6, 6.07) is 8.98. The molecule has 0 saturated heterocycles. The average Bonchev–Trinajstić information content (AvgIpc) is 2.54. The van der Waals surface area contributed by atoms with Crippen LogP contribution >= 0.6 is 0 Å². The van der Waals surface area contributed by atoms with Crippen LogP contribution in [0.4, 0.5) is 5.69 Å². The second kappa shape index (κ2) is 6.78. The zero-order valence-corrected chi connectivity index (χ0v) is 12.9. The van der Waals surface area contributed by atoms with E-state index in [1.54, 1.807) is 25.1 Å². The topological polar surface area (TPSA) is 87.9 Å². The molecule has 0 saturated carbocycles. The van der Waals surface area contributed by atoms with E-state index in [-0.39, 0.29) is 17.0 Å². The van der Waals surface area contributed by atoms with Gasteiger partial charge in [-0.2, -0.15) is 0 Å². The number of methoxy groups -OCH3 is 2. The number of rotatable bonds is 5. The number of aryl methyl sites for hydroxylation is 1. The van der Waals surface area contributed by atoms with Gasteiger partial charge in [0.15, 0.2) is 11.5 Å². The number of nitro benzene ring substituents is 1. The van der Waals surface area contributed by atoms with Gasteiger partial charge >= 0.3 is 5.97 Å². The van der Waals surface area contributed by atoms with Crippen molar-refractivity contribution in [2.75, 3.05) is 14.2 Å². The van der Waals surface area contributed by atoms with Crippen LogP contribution in [-0.4, -0.2) is 25.1 Å². The molecule has 0 heterocycles. The van der Waals surface area contributed by atoms with Gasteiger partial charge in [-0.25, -0.2) is 4.79 Å². The summed E-state index contributed by atoms with van der Waals surface area (Å²) in [6.07, 6.45) is 0. The number of ether oxygens (including phenoxy) is 3. The number of carbonyl (C=O) groups excluding carboxylic acids is 1. The van der Waals surface area contributed by atoms with Gasteiger partial charge < -0.3 is 14.2 Å². The van der Waals surface area contributed by atoms with Crippen molar-refractivity contribution in [1.29, 1.82) is 0 Å². The molecule has 120 valence electrons. The number of nitrogens with zero attached hydrogens (tertiary/aromatic N) is 1. The molecule has 0 unspecified atom stereocenters. The first kappa shape index (κ1) is 16.3. The molecule has 0 radical (unpaired) electrons. The Kier molecular flexibility index (Phi) is 4.80. The Morgan fingerprint density at radius 3 is 2.17 bits per heavy atom. The van der Waals surface area contributed by atoms with E-state index < -0.39 is 10.9 Å². The molecule has 0 N–H and O–H groups in total. The van der Waals surface area contributed by atoms with Gasteiger partial charge in [-0.3, -0.25) is 10.1 Å². The van der Waals surface area contributed by atoms with Crippen molar-refractivity contribution in [1.82, 2.24) is 0 Å². The minimum Gasteiger partial charge on any atom is -0.493 e. The summed E-state index contributed by atoms with van der Waals surface area (Å²) < 4.78 is 15.6. The van der Waals surface area contributed by atoms with Crippen molar-refractivity contribution in [2.24, 2.45) is 0 Å². The molecule has 0 aromatic heterocycles. The lowest BCUT2D eigenvalue weighted by molar-refractivity contribution is -0.385. The van der Waals surface area contributed by atoms with Crippen LogP contribution in [0.15, 0.2) is 36.4 Å². The zero-order valence-electron chi connectivity index (χ0n) is 12.9. The maximum atomic E-state index is 12.3. The van der Waals surface area contributed by atoms with E-state index in [1.807, 2.05) is 0 Å². The van der Waals surface area contributed by atoms with Crippen LogP contribution in [0, 0.1) is 17.0 Å². The van der Waals surface area contributed by atoms with E-state index in [1.165, 1.54) is 32.4 Å². The monoisotopic (exact) mass is 317 g/mol. The van der Waals surface area contributed by atoms with Crippen LogP contribution in [0.3, 0.4) is 0 Å². The summed E-state index contributed by atoms with van der Waals surface area (Å²) in [4.78, 5) is 22.6. The fourth-order valence-corrected chi connectivity index (χ4v) is 2.06.